The monoisotopic (exact) mass is 375 g/mol. The van der Waals surface area contributed by atoms with E-state index in [2.05, 4.69) is 33.4 Å². The minimum absolute atomic E-state index is 0.268. The van der Waals surface area contributed by atoms with E-state index in [1.165, 1.54) is 35.4 Å². The molecular formula is C14H15BrClNS2. The molecule has 1 aliphatic carbocycles. The van der Waals surface area contributed by atoms with Crippen molar-refractivity contribution < 1.29 is 0 Å². The first-order chi connectivity index (χ1) is 9.19. The van der Waals surface area contributed by atoms with Crippen molar-refractivity contribution in [1.82, 2.24) is 5.32 Å². The molecule has 0 aromatic carbocycles. The molecule has 0 bridgehead atoms. The van der Waals surface area contributed by atoms with Gasteiger partial charge in [-0.3, -0.25) is 0 Å². The molecule has 5 heteroatoms. The molecule has 1 unspecified atom stereocenters. The number of rotatable bonds is 3. The zero-order valence-electron chi connectivity index (χ0n) is 10.6. The van der Waals surface area contributed by atoms with Crippen LogP contribution in [0, 0.1) is 0 Å². The van der Waals surface area contributed by atoms with E-state index < -0.39 is 0 Å². The van der Waals surface area contributed by atoms with Gasteiger partial charge in [-0.05, 0) is 66.4 Å². The zero-order chi connectivity index (χ0) is 13.4. The van der Waals surface area contributed by atoms with Gasteiger partial charge in [-0.1, -0.05) is 11.6 Å². The van der Waals surface area contributed by atoms with Crippen molar-refractivity contribution >= 4 is 50.2 Å². The van der Waals surface area contributed by atoms with Gasteiger partial charge in [0.1, 0.15) is 0 Å². The van der Waals surface area contributed by atoms with Gasteiger partial charge in [-0.25, -0.2) is 0 Å². The smallest absolute Gasteiger partial charge is 0.0888 e. The number of aryl methyl sites for hydroxylation is 2. The first-order valence-electron chi connectivity index (χ1n) is 6.42. The second-order valence-electron chi connectivity index (χ2n) is 4.80. The normalized spacial score (nSPS) is 16.4. The predicted molar refractivity (Wildman–Crippen MR) is 88.9 cm³/mol. The van der Waals surface area contributed by atoms with Crippen LogP contribution in [-0.4, -0.2) is 7.05 Å². The van der Waals surface area contributed by atoms with Crippen LogP contribution >= 0.6 is 50.2 Å². The van der Waals surface area contributed by atoms with Crippen LogP contribution in [-0.2, 0) is 12.8 Å². The number of hydrogen-bond donors (Lipinski definition) is 1. The van der Waals surface area contributed by atoms with Crippen molar-refractivity contribution in [1.29, 1.82) is 0 Å². The van der Waals surface area contributed by atoms with Crippen LogP contribution in [0.5, 0.6) is 0 Å². The summed E-state index contributed by atoms with van der Waals surface area (Å²) in [6, 6.07) is 4.72. The molecule has 2 aromatic rings. The van der Waals surface area contributed by atoms with E-state index in [9.17, 15) is 0 Å². The third kappa shape index (κ3) is 2.79. The lowest BCUT2D eigenvalue weighted by Crippen LogP contribution is -2.15. The number of thiophene rings is 2. The molecule has 0 fully saturated rings. The third-order valence-corrected chi connectivity index (χ3v) is 7.38. The van der Waals surface area contributed by atoms with E-state index in [0.717, 1.165) is 8.81 Å². The fourth-order valence-electron chi connectivity index (χ4n) is 2.59. The highest BCUT2D eigenvalue weighted by molar-refractivity contribution is 9.11. The summed E-state index contributed by atoms with van der Waals surface area (Å²) >= 11 is 13.3. The Kier molecular flexibility index (Phi) is 4.34. The fourth-order valence-corrected chi connectivity index (χ4v) is 5.92. The van der Waals surface area contributed by atoms with Crippen molar-refractivity contribution in [2.75, 3.05) is 7.05 Å². The lowest BCUT2D eigenvalue weighted by Gasteiger charge is -2.12. The molecule has 0 amide bonds. The van der Waals surface area contributed by atoms with E-state index >= 15 is 0 Å². The maximum Gasteiger partial charge on any atom is 0.0888 e. The molecule has 3 rings (SSSR count). The topological polar surface area (TPSA) is 12.0 Å². The van der Waals surface area contributed by atoms with Crippen LogP contribution in [0.3, 0.4) is 0 Å². The van der Waals surface area contributed by atoms with Gasteiger partial charge < -0.3 is 5.32 Å². The minimum Gasteiger partial charge on any atom is -0.308 e. The van der Waals surface area contributed by atoms with Gasteiger partial charge in [0.2, 0.25) is 0 Å². The summed E-state index contributed by atoms with van der Waals surface area (Å²) in [6.45, 7) is 0. The van der Waals surface area contributed by atoms with E-state index in [-0.39, 0.29) is 6.04 Å². The Hall–Kier alpha value is 0.130. The van der Waals surface area contributed by atoms with Crippen LogP contribution < -0.4 is 5.32 Å². The Morgan fingerprint density at radius 2 is 1.95 bits per heavy atom. The molecule has 0 spiro atoms. The number of hydrogen-bond acceptors (Lipinski definition) is 3. The second-order valence-corrected chi connectivity index (χ2v) is 8.77. The first kappa shape index (κ1) is 14.1. The third-order valence-electron chi connectivity index (χ3n) is 3.54. The van der Waals surface area contributed by atoms with E-state index in [4.69, 9.17) is 11.6 Å². The maximum atomic E-state index is 6.16. The highest BCUT2D eigenvalue weighted by atomic mass is 79.9. The van der Waals surface area contributed by atoms with Crippen molar-refractivity contribution in [3.05, 3.63) is 41.1 Å². The lowest BCUT2D eigenvalue weighted by molar-refractivity contribution is 0.694. The molecule has 0 saturated carbocycles. The van der Waals surface area contributed by atoms with Gasteiger partial charge in [0.05, 0.1) is 14.9 Å². The van der Waals surface area contributed by atoms with Crippen molar-refractivity contribution in [3.63, 3.8) is 0 Å². The molecular weight excluding hydrogens is 362 g/mol. The highest BCUT2D eigenvalue weighted by Gasteiger charge is 2.21. The summed E-state index contributed by atoms with van der Waals surface area (Å²) in [7, 11) is 2.02. The summed E-state index contributed by atoms with van der Waals surface area (Å²) in [5.41, 5.74) is 1.56. The fraction of sp³-hybridized carbons (Fsp3) is 0.429. The molecule has 0 saturated heterocycles. The average Bonchev–Trinajstić information content (AvgIpc) is 2.95. The highest BCUT2D eigenvalue weighted by Crippen LogP contribution is 2.40. The van der Waals surface area contributed by atoms with Crippen LogP contribution in [0.15, 0.2) is 15.9 Å². The molecule has 102 valence electrons. The summed E-state index contributed by atoms with van der Waals surface area (Å²) in [4.78, 5) is 4.28. The quantitative estimate of drug-likeness (QED) is 0.755. The van der Waals surface area contributed by atoms with Crippen molar-refractivity contribution in [2.24, 2.45) is 0 Å². The summed E-state index contributed by atoms with van der Waals surface area (Å²) in [5.74, 6) is 0. The van der Waals surface area contributed by atoms with Crippen molar-refractivity contribution in [3.8, 4) is 0 Å². The van der Waals surface area contributed by atoms with Crippen LogP contribution in [0.1, 0.15) is 39.1 Å². The van der Waals surface area contributed by atoms with Gasteiger partial charge >= 0.3 is 0 Å². The van der Waals surface area contributed by atoms with E-state index in [1.807, 2.05) is 18.4 Å². The Morgan fingerprint density at radius 1 is 1.21 bits per heavy atom. The number of halogens is 2. The molecule has 19 heavy (non-hydrogen) atoms. The van der Waals surface area contributed by atoms with Crippen molar-refractivity contribution in [2.45, 2.75) is 31.7 Å². The van der Waals surface area contributed by atoms with Crippen LogP contribution in [0.2, 0.25) is 5.02 Å². The van der Waals surface area contributed by atoms with Gasteiger partial charge in [0.25, 0.3) is 0 Å². The summed E-state index contributed by atoms with van der Waals surface area (Å²) in [6.07, 6.45) is 5.18. The van der Waals surface area contributed by atoms with E-state index in [1.54, 1.807) is 21.8 Å². The lowest BCUT2D eigenvalue weighted by atomic mass is 9.99. The minimum atomic E-state index is 0.268. The number of fused-ring (bicyclic) bond motifs is 1. The molecule has 1 atom stereocenters. The average molecular weight is 377 g/mol. The first-order valence-corrected chi connectivity index (χ1v) is 9.23. The molecule has 1 aliphatic rings. The standard InChI is InChI=1S/C14H15BrClNS2/c1-17-13(12-7-9(16)14(15)19-12)11-6-8-4-2-3-5-10(8)18-11/h6-7,13,17H,2-5H2,1H3. The molecule has 2 aromatic heterocycles. The van der Waals surface area contributed by atoms with Crippen LogP contribution in [0.25, 0.3) is 0 Å². The van der Waals surface area contributed by atoms with Crippen LogP contribution in [0.4, 0.5) is 0 Å². The Bertz CT molecular complexity index is 547. The molecule has 1 nitrogen and oxygen atoms in total. The largest absolute Gasteiger partial charge is 0.308 e. The SMILES string of the molecule is CNC(c1cc(Cl)c(Br)s1)c1cc2c(s1)CCCC2. The van der Waals surface area contributed by atoms with Gasteiger partial charge in [-0.15, -0.1) is 22.7 Å². The number of nitrogens with one attached hydrogen (secondary N) is 1. The molecule has 1 N–H and O–H groups in total. The Labute approximate surface area is 135 Å². The van der Waals surface area contributed by atoms with Gasteiger partial charge in [0, 0.05) is 14.6 Å². The molecule has 0 radical (unpaired) electrons. The second kappa shape index (κ2) is 5.86. The Morgan fingerprint density at radius 3 is 2.58 bits per heavy atom. The summed E-state index contributed by atoms with van der Waals surface area (Å²) in [5, 5.41) is 4.23. The molecule has 0 aliphatic heterocycles. The zero-order valence-corrected chi connectivity index (χ0v) is 14.6. The summed E-state index contributed by atoms with van der Waals surface area (Å²) < 4.78 is 1.02. The van der Waals surface area contributed by atoms with Gasteiger partial charge in [0.15, 0.2) is 0 Å². The Balaban J connectivity index is 1.95. The maximum absolute atomic E-state index is 6.16. The van der Waals surface area contributed by atoms with Gasteiger partial charge in [-0.2, -0.15) is 0 Å². The van der Waals surface area contributed by atoms with E-state index in [0.29, 0.717) is 0 Å². The predicted octanol–water partition coefficient (Wildman–Crippen LogP) is 5.41. The molecule has 2 heterocycles.